The Kier molecular flexibility index (Phi) is 31.1. The highest BCUT2D eigenvalue weighted by atomic mass is 31.2. The molecule has 0 heterocycles. The highest BCUT2D eigenvalue weighted by Gasteiger charge is 2.29. The number of unbranched alkanes of at least 4 members (excludes halogenated alkanes) is 1. The van der Waals surface area contributed by atoms with Gasteiger partial charge < -0.3 is 20.6 Å². The van der Waals surface area contributed by atoms with Crippen molar-refractivity contribution in [1.82, 2.24) is 10.6 Å². The lowest BCUT2D eigenvalue weighted by Crippen LogP contribution is -2.49. The van der Waals surface area contributed by atoms with Gasteiger partial charge in [-0.15, -0.1) is 0 Å². The van der Waals surface area contributed by atoms with E-state index in [1.807, 2.05) is 19.1 Å². The van der Waals surface area contributed by atoms with Gasteiger partial charge in [-0.1, -0.05) is 93.2 Å². The molecule has 3 atom stereocenters. The molecule has 0 aromatic carbocycles. The van der Waals surface area contributed by atoms with Crippen LogP contribution in [0.25, 0.3) is 0 Å². The number of nitrogens with two attached hydrogens (primary N) is 1. The molecule has 11 nitrogen and oxygen atoms in total. The first-order valence-electron chi connectivity index (χ1n) is 17.2. The van der Waals surface area contributed by atoms with Gasteiger partial charge in [0.15, 0.2) is 0 Å². The maximum atomic E-state index is 12.9. The number of hydrogen-bond donors (Lipinski definition) is 4. The van der Waals surface area contributed by atoms with Crippen LogP contribution in [-0.2, 0) is 32.6 Å². The van der Waals surface area contributed by atoms with Gasteiger partial charge in [0.1, 0.15) is 6.04 Å². The third-order valence-corrected chi connectivity index (χ3v) is 8.20. The summed E-state index contributed by atoms with van der Waals surface area (Å²) in [5.74, 6) is 4.20. The minimum atomic E-state index is -3.87. The highest BCUT2D eigenvalue weighted by Crippen LogP contribution is 2.48. The topological polar surface area (TPSA) is 158 Å². The summed E-state index contributed by atoms with van der Waals surface area (Å²) in [5.41, 5.74) is 0. The number of allylic oxidation sites excluding steroid dienone is 12. The van der Waals surface area contributed by atoms with Crippen LogP contribution >= 0.6 is 7.82 Å². The minimum absolute atomic E-state index is 0.0345. The van der Waals surface area contributed by atoms with Gasteiger partial charge in [0.25, 0.3) is 0 Å². The van der Waals surface area contributed by atoms with Gasteiger partial charge in [-0.05, 0) is 64.2 Å². The Balaban J connectivity index is 4.59. The van der Waals surface area contributed by atoms with Crippen molar-refractivity contribution in [3.05, 3.63) is 72.9 Å². The Morgan fingerprint density at radius 1 is 0.812 bits per heavy atom. The summed E-state index contributed by atoms with van der Waals surface area (Å²) in [6, 6.07) is -1.09. The van der Waals surface area contributed by atoms with Crippen LogP contribution in [0.15, 0.2) is 72.9 Å². The molecule has 0 aliphatic heterocycles. The molecular weight excluding hydrogens is 633 g/mol. The van der Waals surface area contributed by atoms with Gasteiger partial charge in [-0.3, -0.25) is 23.2 Å². The fraction of sp³-hybridized carbons (Fsp3) is 0.611. The molecule has 0 radical (unpaired) electrons. The number of phosphoric ester groups is 1. The summed E-state index contributed by atoms with van der Waals surface area (Å²) in [4.78, 5) is 30.2. The molecule has 0 aliphatic rings. The zero-order valence-corrected chi connectivity index (χ0v) is 30.3. The normalized spacial score (nSPS) is 15.0. The Labute approximate surface area is 289 Å². The number of carbonyl (C=O) groups excluding carboxylic acids is 2. The number of aliphatic hydroxyl groups is 1. The lowest BCUT2D eigenvalue weighted by molar-refractivity contribution is -0.129. The standard InChI is InChI=1S/C36H62N3O8P/c1-4-6-7-8-9-10-11-12-13-14-15-16-17-18-19-20-21-22-23-27-35(41)39-34(32-47-48(43,44-3)46-29-5-2)36(42)38-28-25-24-26-33(30-40)31-45-37/h6-7,9-10,12-13,15-16,18-19,21-22,33-34,40H,4-5,8,11,14,17,20,23-32,37H2,1-3H3,(H,38,42)(H,39,41)/b7-6-,10-9-,13-12-,16-15-,19-18-,22-21-/t33?,34-,48?/m0/s1. The fourth-order valence-electron chi connectivity index (χ4n) is 4.07. The molecule has 0 aliphatic carbocycles. The molecule has 48 heavy (non-hydrogen) atoms. The second-order valence-electron chi connectivity index (χ2n) is 11.0. The first-order valence-corrected chi connectivity index (χ1v) is 18.7. The molecule has 0 saturated carbocycles. The third kappa shape index (κ3) is 27.3. The Hall–Kier alpha value is -2.63. The monoisotopic (exact) mass is 695 g/mol. The molecule has 0 aromatic heterocycles. The van der Waals surface area contributed by atoms with E-state index in [1.54, 1.807) is 0 Å². The van der Waals surface area contributed by atoms with Crippen molar-refractivity contribution in [3.63, 3.8) is 0 Å². The summed E-state index contributed by atoms with van der Waals surface area (Å²) < 4.78 is 28.2. The molecule has 274 valence electrons. The SMILES string of the molecule is CC/C=C\C/C=C\C/C=C\C/C=C\C/C=C\C/C=C\CCC(=O)N[C@@H](COP(=O)(OC)OCCC)C(=O)NCCCCC(CO)CON. The summed E-state index contributed by atoms with van der Waals surface area (Å²) in [7, 11) is -2.68. The zero-order valence-electron chi connectivity index (χ0n) is 29.4. The molecular formula is C36H62N3O8P. The smallest absolute Gasteiger partial charge is 0.396 e. The molecule has 2 amide bonds. The van der Waals surface area contributed by atoms with E-state index < -0.39 is 19.8 Å². The second-order valence-corrected chi connectivity index (χ2v) is 12.8. The molecule has 12 heteroatoms. The van der Waals surface area contributed by atoms with Crippen LogP contribution in [0.4, 0.5) is 0 Å². The quantitative estimate of drug-likeness (QED) is 0.0261. The average molecular weight is 696 g/mol. The first-order chi connectivity index (χ1) is 23.4. The van der Waals surface area contributed by atoms with E-state index >= 15 is 0 Å². The molecule has 0 bridgehead atoms. The number of carbonyl (C=O) groups is 2. The molecule has 0 fully saturated rings. The summed E-state index contributed by atoms with van der Waals surface area (Å²) in [5, 5.41) is 14.8. The van der Waals surface area contributed by atoms with E-state index in [9.17, 15) is 19.3 Å². The van der Waals surface area contributed by atoms with Crippen molar-refractivity contribution in [3.8, 4) is 0 Å². The summed E-state index contributed by atoms with van der Waals surface area (Å²) in [6.45, 7) is 4.33. The summed E-state index contributed by atoms with van der Waals surface area (Å²) in [6.07, 6.45) is 34.4. The van der Waals surface area contributed by atoms with Crippen molar-refractivity contribution in [2.24, 2.45) is 11.8 Å². The van der Waals surface area contributed by atoms with E-state index in [2.05, 4.69) is 83.2 Å². The van der Waals surface area contributed by atoms with Gasteiger partial charge in [0, 0.05) is 32.6 Å². The number of hydrogen-bond acceptors (Lipinski definition) is 9. The van der Waals surface area contributed by atoms with Crippen LogP contribution in [-0.4, -0.2) is 63.0 Å². The number of amides is 2. The molecule has 0 saturated heterocycles. The number of aliphatic hydroxyl groups excluding tert-OH is 1. The second kappa shape index (κ2) is 32.9. The van der Waals surface area contributed by atoms with E-state index in [0.29, 0.717) is 32.2 Å². The maximum absolute atomic E-state index is 12.9. The van der Waals surface area contributed by atoms with Gasteiger partial charge in [0.05, 0.1) is 19.8 Å². The van der Waals surface area contributed by atoms with Gasteiger partial charge in [0.2, 0.25) is 11.8 Å². The van der Waals surface area contributed by atoms with Gasteiger partial charge in [-0.2, -0.15) is 0 Å². The van der Waals surface area contributed by atoms with Crippen LogP contribution < -0.4 is 16.5 Å². The van der Waals surface area contributed by atoms with Crippen LogP contribution in [0.5, 0.6) is 0 Å². The van der Waals surface area contributed by atoms with E-state index in [1.165, 1.54) is 7.11 Å². The fourth-order valence-corrected chi connectivity index (χ4v) is 5.09. The first kappa shape index (κ1) is 45.4. The van der Waals surface area contributed by atoms with E-state index in [4.69, 9.17) is 19.5 Å². The number of rotatable bonds is 31. The van der Waals surface area contributed by atoms with Crippen molar-refractivity contribution >= 4 is 19.6 Å². The molecule has 0 aromatic rings. The number of nitrogens with one attached hydrogen (secondary N) is 2. The van der Waals surface area contributed by atoms with Crippen molar-refractivity contribution in [2.75, 3.05) is 40.1 Å². The third-order valence-electron chi connectivity index (χ3n) is 6.79. The van der Waals surface area contributed by atoms with Crippen LogP contribution in [0, 0.1) is 5.92 Å². The predicted molar refractivity (Wildman–Crippen MR) is 194 cm³/mol. The molecule has 0 rings (SSSR count). The lowest BCUT2D eigenvalue weighted by Gasteiger charge is -2.21. The summed E-state index contributed by atoms with van der Waals surface area (Å²) >= 11 is 0. The predicted octanol–water partition coefficient (Wildman–Crippen LogP) is 6.93. The zero-order chi connectivity index (χ0) is 35.6. The van der Waals surface area contributed by atoms with E-state index in [-0.39, 0.29) is 44.7 Å². The van der Waals surface area contributed by atoms with Gasteiger partial charge >= 0.3 is 7.82 Å². The van der Waals surface area contributed by atoms with Gasteiger partial charge in [-0.25, -0.2) is 10.5 Å². The van der Waals surface area contributed by atoms with Crippen molar-refractivity contribution in [1.29, 1.82) is 0 Å². The maximum Gasteiger partial charge on any atom is 0.474 e. The Bertz CT molecular complexity index is 1040. The van der Waals surface area contributed by atoms with Crippen molar-refractivity contribution in [2.45, 2.75) is 96.9 Å². The van der Waals surface area contributed by atoms with E-state index in [0.717, 1.165) is 44.9 Å². The lowest BCUT2D eigenvalue weighted by atomic mass is 10.0. The molecule has 2 unspecified atom stereocenters. The Morgan fingerprint density at radius 3 is 1.88 bits per heavy atom. The largest absolute Gasteiger partial charge is 0.474 e. The average Bonchev–Trinajstić information content (AvgIpc) is 3.09. The molecule has 0 spiro atoms. The highest BCUT2D eigenvalue weighted by molar-refractivity contribution is 7.48. The van der Waals surface area contributed by atoms with Crippen molar-refractivity contribution < 1.29 is 37.7 Å². The van der Waals surface area contributed by atoms with Crippen LogP contribution in [0.3, 0.4) is 0 Å². The van der Waals surface area contributed by atoms with Crippen LogP contribution in [0.2, 0.25) is 0 Å². The molecule has 5 N–H and O–H groups in total. The Morgan fingerprint density at radius 2 is 1.38 bits per heavy atom. The van der Waals surface area contributed by atoms with Crippen LogP contribution in [0.1, 0.15) is 90.9 Å². The number of phosphoric acid groups is 1. The minimum Gasteiger partial charge on any atom is -0.396 e.